The van der Waals surface area contributed by atoms with Crippen molar-refractivity contribution < 1.29 is 27.9 Å². The van der Waals surface area contributed by atoms with Crippen LogP contribution < -0.4 is 5.32 Å². The first-order chi connectivity index (χ1) is 6.96. The van der Waals surface area contributed by atoms with E-state index in [4.69, 9.17) is 5.11 Å². The second-order valence-electron chi connectivity index (χ2n) is 4.46. The van der Waals surface area contributed by atoms with E-state index in [1.54, 1.807) is 26.1 Å². The van der Waals surface area contributed by atoms with E-state index in [2.05, 4.69) is 0 Å². The Morgan fingerprint density at radius 1 is 1.25 bits per heavy atom. The van der Waals surface area contributed by atoms with Crippen LogP contribution in [-0.2, 0) is 9.59 Å². The summed E-state index contributed by atoms with van der Waals surface area (Å²) in [6.45, 7) is 4.18. The molecule has 0 rings (SSSR count). The van der Waals surface area contributed by atoms with Crippen molar-refractivity contribution in [3.8, 4) is 0 Å². The zero-order valence-corrected chi connectivity index (χ0v) is 9.18. The fourth-order valence-corrected chi connectivity index (χ4v) is 1.06. The Morgan fingerprint density at radius 3 is 1.94 bits per heavy atom. The quantitative estimate of drug-likeness (QED) is 0.785. The number of carbonyl (C=O) groups excluding carboxylic acids is 1. The molecule has 0 aromatic rings. The summed E-state index contributed by atoms with van der Waals surface area (Å²) in [4.78, 5) is 21.3. The number of amides is 1. The van der Waals surface area contributed by atoms with Crippen LogP contribution in [0.25, 0.3) is 0 Å². The Balaban J connectivity index is 4.48. The van der Waals surface area contributed by atoms with E-state index in [0.29, 0.717) is 0 Å². The third-order valence-corrected chi connectivity index (χ3v) is 2.07. The van der Waals surface area contributed by atoms with Gasteiger partial charge in [0.25, 0.3) is 0 Å². The lowest BCUT2D eigenvalue weighted by atomic mass is 9.81. The molecule has 94 valence electrons. The minimum absolute atomic E-state index is 0.544. The van der Waals surface area contributed by atoms with Crippen LogP contribution in [-0.4, -0.2) is 29.7 Å². The number of alkyl halides is 3. The summed E-state index contributed by atoms with van der Waals surface area (Å²) in [6, 6.07) is 0. The molecule has 1 unspecified atom stereocenters. The van der Waals surface area contributed by atoms with Gasteiger partial charge < -0.3 is 10.4 Å². The third kappa shape index (κ3) is 4.50. The molecule has 0 saturated carbocycles. The van der Waals surface area contributed by atoms with Gasteiger partial charge in [0.2, 0.25) is 0 Å². The van der Waals surface area contributed by atoms with Gasteiger partial charge in [0, 0.05) is 6.54 Å². The first kappa shape index (κ1) is 14.7. The lowest BCUT2D eigenvalue weighted by molar-refractivity contribution is -0.174. The van der Waals surface area contributed by atoms with Crippen LogP contribution in [0, 0.1) is 11.3 Å². The number of rotatable bonds is 3. The molecular formula is C9H14F3NO3. The lowest BCUT2D eigenvalue weighted by Gasteiger charge is -2.27. The second-order valence-corrected chi connectivity index (χ2v) is 4.46. The van der Waals surface area contributed by atoms with Gasteiger partial charge in [0.05, 0.1) is 5.92 Å². The van der Waals surface area contributed by atoms with E-state index in [9.17, 15) is 22.8 Å². The van der Waals surface area contributed by atoms with Crippen molar-refractivity contribution >= 4 is 11.9 Å². The SMILES string of the molecule is CC(C)(C)C(CNC(=O)C(F)(F)F)C(=O)O. The zero-order valence-electron chi connectivity index (χ0n) is 9.18. The molecular weight excluding hydrogens is 227 g/mol. The van der Waals surface area contributed by atoms with Crippen molar-refractivity contribution in [2.75, 3.05) is 6.54 Å². The van der Waals surface area contributed by atoms with E-state index < -0.39 is 35.9 Å². The molecule has 0 aliphatic carbocycles. The normalized spacial score (nSPS) is 14.4. The number of carboxylic acid groups (broad SMARTS) is 1. The van der Waals surface area contributed by atoms with E-state index in [1.807, 2.05) is 0 Å². The molecule has 0 aliphatic rings. The number of hydrogen-bond acceptors (Lipinski definition) is 2. The highest BCUT2D eigenvalue weighted by Crippen LogP contribution is 2.25. The molecule has 16 heavy (non-hydrogen) atoms. The van der Waals surface area contributed by atoms with Gasteiger partial charge in [-0.25, -0.2) is 0 Å². The highest BCUT2D eigenvalue weighted by atomic mass is 19.4. The third-order valence-electron chi connectivity index (χ3n) is 2.07. The topological polar surface area (TPSA) is 66.4 Å². The highest BCUT2D eigenvalue weighted by molar-refractivity contribution is 5.82. The zero-order chi connectivity index (χ0) is 13.1. The summed E-state index contributed by atoms with van der Waals surface area (Å²) < 4.78 is 35.5. The number of halogens is 3. The fourth-order valence-electron chi connectivity index (χ4n) is 1.06. The maximum atomic E-state index is 11.8. The molecule has 1 amide bonds. The summed E-state index contributed by atoms with van der Waals surface area (Å²) in [7, 11) is 0. The first-order valence-corrected chi connectivity index (χ1v) is 4.54. The second kappa shape index (κ2) is 4.71. The van der Waals surface area contributed by atoms with Crippen LogP contribution in [0.4, 0.5) is 13.2 Å². The molecule has 0 bridgehead atoms. The monoisotopic (exact) mass is 241 g/mol. The van der Waals surface area contributed by atoms with Gasteiger partial charge in [0.1, 0.15) is 0 Å². The summed E-state index contributed by atoms with van der Waals surface area (Å²) in [5, 5.41) is 10.4. The number of carboxylic acids is 1. The molecule has 0 radical (unpaired) electrons. The van der Waals surface area contributed by atoms with Crippen LogP contribution >= 0.6 is 0 Å². The predicted octanol–water partition coefficient (Wildman–Crippen LogP) is 1.41. The number of aliphatic carboxylic acids is 1. The highest BCUT2D eigenvalue weighted by Gasteiger charge is 2.40. The van der Waals surface area contributed by atoms with Crippen LogP contribution in [0.2, 0.25) is 0 Å². The Kier molecular flexibility index (Phi) is 4.34. The molecule has 2 N–H and O–H groups in total. The van der Waals surface area contributed by atoms with Crippen molar-refractivity contribution in [3.05, 3.63) is 0 Å². The summed E-state index contributed by atoms with van der Waals surface area (Å²) in [5.74, 6) is -4.43. The standard InChI is InChI=1S/C9H14F3NO3/c1-8(2,3)5(6(14)15)4-13-7(16)9(10,11)12/h5H,4H2,1-3H3,(H,13,16)(H,14,15). The van der Waals surface area contributed by atoms with Gasteiger partial charge in [0.15, 0.2) is 0 Å². The Hall–Kier alpha value is -1.27. The molecule has 0 aromatic heterocycles. The minimum Gasteiger partial charge on any atom is -0.481 e. The Bertz CT molecular complexity index is 281. The Labute approximate surface area is 90.8 Å². The van der Waals surface area contributed by atoms with E-state index in [-0.39, 0.29) is 0 Å². The van der Waals surface area contributed by atoms with Gasteiger partial charge in [-0.05, 0) is 5.41 Å². The summed E-state index contributed by atoms with van der Waals surface area (Å²) in [6.07, 6.45) is -4.99. The maximum absolute atomic E-state index is 11.8. The molecule has 0 heterocycles. The molecule has 0 aliphatic heterocycles. The molecule has 0 saturated heterocycles. The average molecular weight is 241 g/mol. The van der Waals surface area contributed by atoms with Gasteiger partial charge in [-0.2, -0.15) is 13.2 Å². The van der Waals surface area contributed by atoms with Crippen LogP contribution in [0.5, 0.6) is 0 Å². The average Bonchev–Trinajstić information content (AvgIpc) is 1.98. The van der Waals surface area contributed by atoms with Gasteiger partial charge >= 0.3 is 18.1 Å². The number of hydrogen-bond donors (Lipinski definition) is 2. The number of carbonyl (C=O) groups is 2. The van der Waals surface area contributed by atoms with Crippen molar-refractivity contribution in [2.45, 2.75) is 26.9 Å². The van der Waals surface area contributed by atoms with E-state index in [1.165, 1.54) is 0 Å². The van der Waals surface area contributed by atoms with Crippen molar-refractivity contribution in [3.63, 3.8) is 0 Å². The first-order valence-electron chi connectivity index (χ1n) is 4.54. The van der Waals surface area contributed by atoms with Crippen molar-refractivity contribution in [1.29, 1.82) is 0 Å². The molecule has 0 aromatic carbocycles. The van der Waals surface area contributed by atoms with Gasteiger partial charge in [-0.15, -0.1) is 0 Å². The summed E-state index contributed by atoms with van der Waals surface area (Å²) >= 11 is 0. The van der Waals surface area contributed by atoms with Crippen LogP contribution in [0.3, 0.4) is 0 Å². The molecule has 1 atom stereocenters. The minimum atomic E-state index is -4.99. The largest absolute Gasteiger partial charge is 0.481 e. The van der Waals surface area contributed by atoms with Crippen molar-refractivity contribution in [2.24, 2.45) is 11.3 Å². The van der Waals surface area contributed by atoms with Gasteiger partial charge in [-0.1, -0.05) is 20.8 Å². The smallest absolute Gasteiger partial charge is 0.471 e. The van der Waals surface area contributed by atoms with Crippen LogP contribution in [0.1, 0.15) is 20.8 Å². The van der Waals surface area contributed by atoms with Gasteiger partial charge in [-0.3, -0.25) is 9.59 Å². The molecule has 7 heteroatoms. The molecule has 0 spiro atoms. The van der Waals surface area contributed by atoms with E-state index in [0.717, 1.165) is 0 Å². The van der Waals surface area contributed by atoms with E-state index >= 15 is 0 Å². The summed E-state index contributed by atoms with van der Waals surface area (Å²) in [5.41, 5.74) is -0.731. The fraction of sp³-hybridized carbons (Fsp3) is 0.778. The molecule has 4 nitrogen and oxygen atoms in total. The molecule has 0 fully saturated rings. The Morgan fingerprint density at radius 2 is 1.69 bits per heavy atom. The van der Waals surface area contributed by atoms with Crippen LogP contribution in [0.15, 0.2) is 0 Å². The maximum Gasteiger partial charge on any atom is 0.471 e. The number of nitrogens with one attached hydrogen (secondary N) is 1. The predicted molar refractivity (Wildman–Crippen MR) is 49.6 cm³/mol. The lowest BCUT2D eigenvalue weighted by Crippen LogP contribution is -2.44. The van der Waals surface area contributed by atoms with Crippen molar-refractivity contribution in [1.82, 2.24) is 5.32 Å².